The Labute approximate surface area is 438 Å². The quantitative estimate of drug-likeness (QED) is 0.0261. The highest BCUT2D eigenvalue weighted by molar-refractivity contribution is 5.71. The number of hydrogen-bond donors (Lipinski definition) is 0. The molecule has 0 fully saturated rings. The van der Waals surface area contributed by atoms with Crippen LogP contribution in [0.15, 0.2) is 97.2 Å². The molecule has 6 nitrogen and oxygen atoms in total. The summed E-state index contributed by atoms with van der Waals surface area (Å²) in [5.41, 5.74) is 0. The van der Waals surface area contributed by atoms with Crippen molar-refractivity contribution in [3.05, 3.63) is 97.2 Å². The van der Waals surface area contributed by atoms with Gasteiger partial charge in [-0.15, -0.1) is 0 Å². The van der Waals surface area contributed by atoms with Crippen LogP contribution >= 0.6 is 0 Å². The van der Waals surface area contributed by atoms with Crippen molar-refractivity contribution in [2.75, 3.05) is 13.2 Å². The Morgan fingerprint density at radius 1 is 0.296 bits per heavy atom. The van der Waals surface area contributed by atoms with Gasteiger partial charge in [-0.25, -0.2) is 0 Å². The van der Waals surface area contributed by atoms with E-state index in [2.05, 4.69) is 112 Å². The van der Waals surface area contributed by atoms with Crippen LogP contribution in [0.2, 0.25) is 0 Å². The molecular weight excluding hydrogens is 877 g/mol. The molecule has 0 aliphatic heterocycles. The molecule has 0 heterocycles. The van der Waals surface area contributed by atoms with E-state index in [9.17, 15) is 14.4 Å². The number of carbonyl (C=O) groups excluding carboxylic acids is 3. The van der Waals surface area contributed by atoms with Gasteiger partial charge < -0.3 is 14.2 Å². The largest absolute Gasteiger partial charge is 0.462 e. The van der Waals surface area contributed by atoms with E-state index in [4.69, 9.17) is 14.2 Å². The van der Waals surface area contributed by atoms with Gasteiger partial charge in [0.25, 0.3) is 0 Å². The molecule has 0 radical (unpaired) electrons. The van der Waals surface area contributed by atoms with Crippen LogP contribution in [0.25, 0.3) is 0 Å². The molecule has 0 bridgehead atoms. The number of rotatable bonds is 53. The van der Waals surface area contributed by atoms with E-state index in [1.54, 1.807) is 0 Å². The standard InChI is InChI=1S/C65H110O6/c1-4-7-10-13-16-19-22-25-28-30-32-34-37-40-43-46-49-52-55-58-64(67)70-61-62(60-69-63(66)57-54-51-48-45-42-39-36-27-24-21-18-15-12-9-6-3)71-65(68)59-56-53-50-47-44-41-38-35-33-31-29-26-23-20-17-14-11-8-5-2/h7,10,16-17,19-20,25-26,28-29,32,34,40,43,49,52,62H,4-6,8-9,11-15,18,21-24,27,30-31,33,35-39,41-42,44-48,50-51,53-61H2,1-3H3/b10-7+,19-16+,20-17+,28-25+,29-26+,34-32+,43-40+,52-49+/t62-/m1/s1. The van der Waals surface area contributed by atoms with E-state index in [1.807, 2.05) is 6.08 Å². The molecule has 6 heteroatoms. The molecule has 0 aliphatic rings. The molecule has 0 aromatic rings. The summed E-state index contributed by atoms with van der Waals surface area (Å²) in [5.74, 6) is -0.986. The Hall–Kier alpha value is -3.67. The van der Waals surface area contributed by atoms with Gasteiger partial charge in [-0.05, 0) is 89.9 Å². The summed E-state index contributed by atoms with van der Waals surface area (Å²) in [5, 5.41) is 0. The third kappa shape index (κ3) is 57.1. The van der Waals surface area contributed by atoms with Crippen molar-refractivity contribution < 1.29 is 28.6 Å². The van der Waals surface area contributed by atoms with Crippen LogP contribution in [0, 0.1) is 0 Å². The average molecular weight is 988 g/mol. The molecule has 0 aromatic carbocycles. The van der Waals surface area contributed by atoms with E-state index >= 15 is 0 Å². The first-order valence-corrected chi connectivity index (χ1v) is 29.7. The molecule has 0 unspecified atom stereocenters. The molecule has 0 saturated carbocycles. The first kappa shape index (κ1) is 67.3. The third-order valence-corrected chi connectivity index (χ3v) is 12.6. The number of carbonyl (C=O) groups is 3. The fourth-order valence-electron chi connectivity index (χ4n) is 8.15. The summed E-state index contributed by atoms with van der Waals surface area (Å²) >= 11 is 0. The van der Waals surface area contributed by atoms with Gasteiger partial charge in [-0.1, -0.05) is 266 Å². The Balaban J connectivity index is 4.49. The molecule has 406 valence electrons. The van der Waals surface area contributed by atoms with Gasteiger partial charge in [0.15, 0.2) is 6.10 Å². The topological polar surface area (TPSA) is 78.9 Å². The van der Waals surface area contributed by atoms with Crippen molar-refractivity contribution in [1.29, 1.82) is 0 Å². The second-order valence-electron chi connectivity index (χ2n) is 19.5. The lowest BCUT2D eigenvalue weighted by Gasteiger charge is -2.18. The zero-order valence-corrected chi connectivity index (χ0v) is 46.5. The Morgan fingerprint density at radius 3 is 0.972 bits per heavy atom. The summed E-state index contributed by atoms with van der Waals surface area (Å²) in [7, 11) is 0. The minimum absolute atomic E-state index is 0.101. The highest BCUT2D eigenvalue weighted by Gasteiger charge is 2.19. The molecule has 0 N–H and O–H groups in total. The summed E-state index contributed by atoms with van der Waals surface area (Å²) in [6.45, 7) is 6.45. The summed E-state index contributed by atoms with van der Waals surface area (Å²) in [6.07, 6.45) is 78.4. The minimum atomic E-state index is -0.810. The second-order valence-corrected chi connectivity index (χ2v) is 19.5. The van der Waals surface area contributed by atoms with Crippen molar-refractivity contribution >= 4 is 17.9 Å². The van der Waals surface area contributed by atoms with Crippen molar-refractivity contribution in [2.45, 2.75) is 284 Å². The smallest absolute Gasteiger partial charge is 0.306 e. The third-order valence-electron chi connectivity index (χ3n) is 12.6. The van der Waals surface area contributed by atoms with Crippen molar-refractivity contribution in [3.8, 4) is 0 Å². The van der Waals surface area contributed by atoms with Gasteiger partial charge in [-0.3, -0.25) is 14.4 Å². The Morgan fingerprint density at radius 2 is 0.577 bits per heavy atom. The fraction of sp³-hybridized carbons (Fsp3) is 0.708. The summed E-state index contributed by atoms with van der Waals surface area (Å²) in [4.78, 5) is 38.2. The average Bonchev–Trinajstić information content (AvgIpc) is 3.37. The van der Waals surface area contributed by atoms with Crippen LogP contribution < -0.4 is 0 Å². The molecular formula is C65H110O6. The number of hydrogen-bond acceptors (Lipinski definition) is 6. The van der Waals surface area contributed by atoms with Crippen LogP contribution in [0.5, 0.6) is 0 Å². The lowest BCUT2D eigenvalue weighted by Crippen LogP contribution is -2.30. The normalized spacial score (nSPS) is 12.8. The lowest BCUT2D eigenvalue weighted by atomic mass is 10.0. The second kappa shape index (κ2) is 58.9. The van der Waals surface area contributed by atoms with Crippen LogP contribution in [0.4, 0.5) is 0 Å². The highest BCUT2D eigenvalue weighted by atomic mass is 16.6. The maximum Gasteiger partial charge on any atom is 0.306 e. The van der Waals surface area contributed by atoms with Crippen molar-refractivity contribution in [1.82, 2.24) is 0 Å². The SMILES string of the molecule is CC/C=C/C/C=C/C/C=C/C/C=C/C/C=C/C/C=C/CCC(=O)OC[C@@H](COC(=O)CCCCCCCCCCCCCCCCC)OC(=O)CCCCCCCCCCC/C=C/C/C=C/CCCCC. The van der Waals surface area contributed by atoms with Crippen LogP contribution in [-0.2, 0) is 28.6 Å². The van der Waals surface area contributed by atoms with Crippen LogP contribution in [-0.4, -0.2) is 37.2 Å². The molecule has 0 aromatic heterocycles. The fourth-order valence-corrected chi connectivity index (χ4v) is 8.15. The summed E-state index contributed by atoms with van der Waals surface area (Å²) in [6, 6.07) is 0. The predicted octanol–water partition coefficient (Wildman–Crippen LogP) is 20.1. The number of ether oxygens (including phenoxy) is 3. The minimum Gasteiger partial charge on any atom is -0.462 e. The molecule has 0 aliphatic carbocycles. The maximum atomic E-state index is 12.9. The zero-order chi connectivity index (χ0) is 51.4. The zero-order valence-electron chi connectivity index (χ0n) is 46.5. The number of esters is 3. The van der Waals surface area contributed by atoms with E-state index in [1.165, 1.54) is 148 Å². The summed E-state index contributed by atoms with van der Waals surface area (Å²) < 4.78 is 16.8. The van der Waals surface area contributed by atoms with Gasteiger partial charge >= 0.3 is 17.9 Å². The van der Waals surface area contributed by atoms with E-state index in [0.717, 1.165) is 83.5 Å². The van der Waals surface area contributed by atoms with Gasteiger partial charge in [0.2, 0.25) is 0 Å². The maximum absolute atomic E-state index is 12.9. The molecule has 0 saturated heterocycles. The molecule has 1 atom stereocenters. The number of unbranched alkanes of at least 4 members (excludes halogenated alkanes) is 26. The van der Waals surface area contributed by atoms with Crippen molar-refractivity contribution in [3.63, 3.8) is 0 Å². The molecule has 0 rings (SSSR count). The lowest BCUT2D eigenvalue weighted by molar-refractivity contribution is -0.166. The van der Waals surface area contributed by atoms with Crippen LogP contribution in [0.3, 0.4) is 0 Å². The van der Waals surface area contributed by atoms with E-state index in [-0.39, 0.29) is 37.5 Å². The Bertz CT molecular complexity index is 1410. The Kier molecular flexibility index (Phi) is 55.9. The van der Waals surface area contributed by atoms with E-state index < -0.39 is 6.10 Å². The first-order chi connectivity index (χ1) is 35.0. The predicted molar refractivity (Wildman–Crippen MR) is 307 cm³/mol. The van der Waals surface area contributed by atoms with Gasteiger partial charge in [0, 0.05) is 19.3 Å². The van der Waals surface area contributed by atoms with Crippen molar-refractivity contribution in [2.24, 2.45) is 0 Å². The number of allylic oxidation sites excluding steroid dienone is 16. The first-order valence-electron chi connectivity index (χ1n) is 29.7. The van der Waals surface area contributed by atoms with E-state index in [0.29, 0.717) is 19.3 Å². The highest BCUT2D eigenvalue weighted by Crippen LogP contribution is 2.16. The molecule has 71 heavy (non-hydrogen) atoms. The van der Waals surface area contributed by atoms with Crippen LogP contribution in [0.1, 0.15) is 278 Å². The van der Waals surface area contributed by atoms with Gasteiger partial charge in [-0.2, -0.15) is 0 Å². The monoisotopic (exact) mass is 987 g/mol. The van der Waals surface area contributed by atoms with Gasteiger partial charge in [0.1, 0.15) is 13.2 Å². The van der Waals surface area contributed by atoms with Gasteiger partial charge in [0.05, 0.1) is 0 Å². The molecule has 0 amide bonds. The molecule has 0 spiro atoms.